The second kappa shape index (κ2) is 7.94. The Morgan fingerprint density at radius 3 is 2.91 bits per heavy atom. The minimum Gasteiger partial charge on any atom is -0.464 e. The van der Waals surface area contributed by atoms with Crippen LogP contribution in [0.15, 0.2) is 34.9 Å². The molecule has 2 rings (SSSR count). The monoisotopic (exact) mass is 362 g/mol. The number of halogens is 3. The van der Waals surface area contributed by atoms with Gasteiger partial charge in [0.1, 0.15) is 5.83 Å². The standard InChI is InChI=1S/C14H13Cl2FN2O2S/c1-21-14(20)13-11(18-4-5-19-13)7-22-6-8-10(17)3-2-9(15)12(8)16/h3-5,9H,2,6-7H2,1H3. The van der Waals surface area contributed by atoms with Crippen LogP contribution in [0.1, 0.15) is 22.6 Å². The Morgan fingerprint density at radius 1 is 1.45 bits per heavy atom. The Balaban J connectivity index is 2.04. The number of aromatic nitrogens is 2. The van der Waals surface area contributed by atoms with E-state index < -0.39 is 5.97 Å². The van der Waals surface area contributed by atoms with Gasteiger partial charge in [0.15, 0.2) is 5.69 Å². The SMILES string of the molecule is COC(=O)c1nccnc1CSCC1=C(Cl)C(Cl)CC=C1F. The van der Waals surface area contributed by atoms with Gasteiger partial charge in [-0.25, -0.2) is 14.2 Å². The van der Waals surface area contributed by atoms with Gasteiger partial charge in [-0.05, 0) is 12.5 Å². The summed E-state index contributed by atoms with van der Waals surface area (Å²) in [5, 5.41) is -0.0552. The third-order valence-electron chi connectivity index (χ3n) is 2.99. The molecule has 22 heavy (non-hydrogen) atoms. The number of esters is 1. The van der Waals surface area contributed by atoms with Crippen LogP contribution in [0.3, 0.4) is 0 Å². The van der Waals surface area contributed by atoms with Crippen LogP contribution in [0, 0.1) is 0 Å². The zero-order valence-corrected chi connectivity index (χ0v) is 14.0. The fraction of sp³-hybridized carbons (Fsp3) is 0.357. The lowest BCUT2D eigenvalue weighted by Crippen LogP contribution is -2.10. The molecule has 0 spiro atoms. The van der Waals surface area contributed by atoms with Crippen molar-refractivity contribution in [2.45, 2.75) is 17.6 Å². The molecule has 0 bridgehead atoms. The normalized spacial score (nSPS) is 18.2. The molecule has 0 N–H and O–H groups in total. The molecule has 0 radical (unpaired) electrons. The van der Waals surface area contributed by atoms with Gasteiger partial charge in [-0.1, -0.05) is 11.6 Å². The number of allylic oxidation sites excluding steroid dienone is 3. The molecule has 8 heteroatoms. The zero-order chi connectivity index (χ0) is 16.1. The number of nitrogens with zero attached hydrogens (tertiary/aromatic N) is 2. The smallest absolute Gasteiger partial charge is 0.358 e. The highest BCUT2D eigenvalue weighted by Crippen LogP contribution is 2.34. The van der Waals surface area contributed by atoms with Crippen molar-refractivity contribution in [1.82, 2.24) is 9.97 Å². The second-order valence-electron chi connectivity index (χ2n) is 4.42. The fourth-order valence-electron chi connectivity index (χ4n) is 1.86. The van der Waals surface area contributed by atoms with E-state index in [1.54, 1.807) is 0 Å². The predicted octanol–water partition coefficient (Wildman–Crippen LogP) is 3.85. The first kappa shape index (κ1) is 17.2. The summed E-state index contributed by atoms with van der Waals surface area (Å²) in [6.07, 6.45) is 4.73. The van der Waals surface area contributed by atoms with Gasteiger partial charge in [0.05, 0.1) is 18.2 Å². The number of hydrogen-bond donors (Lipinski definition) is 0. The van der Waals surface area contributed by atoms with E-state index in [0.717, 1.165) is 0 Å². The summed E-state index contributed by atoms with van der Waals surface area (Å²) in [4.78, 5) is 19.7. The molecule has 118 valence electrons. The van der Waals surface area contributed by atoms with Crippen molar-refractivity contribution in [2.24, 2.45) is 0 Å². The molecule has 1 aromatic rings. The van der Waals surface area contributed by atoms with Crippen molar-refractivity contribution in [3.05, 3.63) is 46.3 Å². The largest absolute Gasteiger partial charge is 0.464 e. The maximum Gasteiger partial charge on any atom is 0.358 e. The molecule has 1 aliphatic rings. The second-order valence-corrected chi connectivity index (χ2v) is 6.34. The summed E-state index contributed by atoms with van der Waals surface area (Å²) < 4.78 is 18.5. The number of rotatable bonds is 5. The molecule has 1 heterocycles. The summed E-state index contributed by atoms with van der Waals surface area (Å²) >= 11 is 13.5. The molecule has 1 atom stereocenters. The molecular weight excluding hydrogens is 350 g/mol. The summed E-state index contributed by atoms with van der Waals surface area (Å²) in [7, 11) is 1.28. The molecule has 0 saturated heterocycles. The molecule has 0 fully saturated rings. The third-order valence-corrected chi connectivity index (χ3v) is 4.96. The van der Waals surface area contributed by atoms with Crippen molar-refractivity contribution < 1.29 is 13.9 Å². The lowest BCUT2D eigenvalue weighted by atomic mass is 10.1. The maximum absolute atomic E-state index is 13.8. The number of methoxy groups -OCH3 is 1. The molecular formula is C14H13Cl2FN2O2S. The Labute approximate surface area is 141 Å². The first-order valence-corrected chi connectivity index (χ1v) is 8.36. The van der Waals surface area contributed by atoms with Gasteiger partial charge in [0.2, 0.25) is 0 Å². The lowest BCUT2D eigenvalue weighted by molar-refractivity contribution is 0.0592. The lowest BCUT2D eigenvalue weighted by Gasteiger charge is -2.17. The summed E-state index contributed by atoms with van der Waals surface area (Å²) in [5.41, 5.74) is 1.03. The number of ether oxygens (including phenoxy) is 1. The number of hydrogen-bond acceptors (Lipinski definition) is 5. The van der Waals surface area contributed by atoms with Crippen LogP contribution in [0.25, 0.3) is 0 Å². The highest BCUT2D eigenvalue weighted by molar-refractivity contribution is 7.98. The molecule has 4 nitrogen and oxygen atoms in total. The van der Waals surface area contributed by atoms with Gasteiger partial charge in [-0.15, -0.1) is 11.6 Å². The van der Waals surface area contributed by atoms with Crippen LogP contribution < -0.4 is 0 Å². The van der Waals surface area contributed by atoms with Gasteiger partial charge in [-0.2, -0.15) is 11.8 Å². The minimum absolute atomic E-state index is 0.160. The van der Waals surface area contributed by atoms with Crippen molar-refractivity contribution in [3.8, 4) is 0 Å². The Hall–Kier alpha value is -1.11. The van der Waals surface area contributed by atoms with Gasteiger partial charge in [0.25, 0.3) is 0 Å². The van der Waals surface area contributed by atoms with Gasteiger partial charge in [-0.3, -0.25) is 4.98 Å². The zero-order valence-electron chi connectivity index (χ0n) is 11.7. The number of carbonyl (C=O) groups is 1. The van der Waals surface area contributed by atoms with Crippen LogP contribution in [0.2, 0.25) is 0 Å². The van der Waals surface area contributed by atoms with E-state index in [1.807, 2.05) is 0 Å². The average molecular weight is 363 g/mol. The maximum atomic E-state index is 13.8. The minimum atomic E-state index is -0.550. The van der Waals surface area contributed by atoms with Crippen molar-refractivity contribution in [1.29, 1.82) is 0 Å². The van der Waals surface area contributed by atoms with E-state index in [1.165, 1.54) is 37.3 Å². The topological polar surface area (TPSA) is 52.1 Å². The quantitative estimate of drug-likeness (QED) is 0.588. The average Bonchev–Trinajstić information content (AvgIpc) is 2.54. The van der Waals surface area contributed by atoms with Crippen LogP contribution >= 0.6 is 35.0 Å². The van der Waals surface area contributed by atoms with Crippen molar-refractivity contribution >= 4 is 40.9 Å². The van der Waals surface area contributed by atoms with E-state index in [9.17, 15) is 9.18 Å². The highest BCUT2D eigenvalue weighted by atomic mass is 35.5. The van der Waals surface area contributed by atoms with E-state index in [4.69, 9.17) is 23.2 Å². The molecule has 0 aromatic carbocycles. The summed E-state index contributed by atoms with van der Waals surface area (Å²) in [5.74, 6) is -0.180. The predicted molar refractivity (Wildman–Crippen MR) is 85.9 cm³/mol. The van der Waals surface area contributed by atoms with Crippen molar-refractivity contribution in [3.63, 3.8) is 0 Å². The molecule has 0 amide bonds. The molecule has 0 aliphatic heterocycles. The van der Waals surface area contributed by atoms with Gasteiger partial charge >= 0.3 is 5.97 Å². The Bertz CT molecular complexity index is 637. The first-order valence-electron chi connectivity index (χ1n) is 6.39. The van der Waals surface area contributed by atoms with E-state index in [-0.39, 0.29) is 16.9 Å². The van der Waals surface area contributed by atoms with Crippen LogP contribution in [0.5, 0.6) is 0 Å². The van der Waals surface area contributed by atoms with Crippen LogP contribution in [0.4, 0.5) is 4.39 Å². The number of thioether (sulfide) groups is 1. The molecule has 1 aromatic heterocycles. The van der Waals surface area contributed by atoms with E-state index >= 15 is 0 Å². The first-order chi connectivity index (χ1) is 10.5. The fourth-order valence-corrected chi connectivity index (χ4v) is 3.41. The van der Waals surface area contributed by atoms with Gasteiger partial charge < -0.3 is 4.74 Å². The van der Waals surface area contributed by atoms with Crippen molar-refractivity contribution in [2.75, 3.05) is 12.9 Å². The molecule has 1 aliphatic carbocycles. The molecule has 0 saturated carbocycles. The van der Waals surface area contributed by atoms with E-state index in [2.05, 4.69) is 14.7 Å². The van der Waals surface area contributed by atoms with E-state index in [0.29, 0.717) is 34.2 Å². The highest BCUT2D eigenvalue weighted by Gasteiger charge is 2.22. The molecule has 1 unspecified atom stereocenters. The van der Waals surface area contributed by atoms with Crippen LogP contribution in [-0.4, -0.2) is 34.2 Å². The summed E-state index contributed by atoms with van der Waals surface area (Å²) in [6.45, 7) is 0. The Kier molecular flexibility index (Phi) is 6.23. The Morgan fingerprint density at radius 2 is 2.18 bits per heavy atom. The van der Waals surface area contributed by atoms with Crippen LogP contribution in [-0.2, 0) is 10.5 Å². The number of carbonyl (C=O) groups excluding carboxylic acids is 1. The third kappa shape index (κ3) is 4.00. The summed E-state index contributed by atoms with van der Waals surface area (Å²) in [6, 6.07) is 0. The number of alkyl halides is 1. The van der Waals surface area contributed by atoms with Gasteiger partial charge in [0, 0.05) is 34.5 Å².